The molecule has 1 aromatic rings. The molecular formula is C23H40N4O3. The Morgan fingerprint density at radius 1 is 1.20 bits per heavy atom. The average Bonchev–Trinajstić information content (AvgIpc) is 2.71. The highest BCUT2D eigenvalue weighted by atomic mass is 16.5. The molecule has 7 heteroatoms. The molecule has 0 amide bonds. The van der Waals surface area contributed by atoms with Crippen LogP contribution in [0.15, 0.2) is 23.2 Å². The van der Waals surface area contributed by atoms with E-state index in [9.17, 15) is 0 Å². The van der Waals surface area contributed by atoms with Crippen molar-refractivity contribution in [3.8, 4) is 5.75 Å². The van der Waals surface area contributed by atoms with Gasteiger partial charge in [-0.15, -0.1) is 0 Å². The van der Waals surface area contributed by atoms with Gasteiger partial charge in [0.15, 0.2) is 5.96 Å². The van der Waals surface area contributed by atoms with Gasteiger partial charge in [0.05, 0.1) is 18.8 Å². The minimum atomic E-state index is 0.315. The molecule has 0 radical (unpaired) electrons. The Morgan fingerprint density at radius 3 is 2.67 bits per heavy atom. The molecule has 0 aliphatic carbocycles. The van der Waals surface area contributed by atoms with E-state index in [-0.39, 0.29) is 0 Å². The molecule has 2 unspecified atom stereocenters. The van der Waals surface area contributed by atoms with Crippen LogP contribution in [0.5, 0.6) is 5.75 Å². The molecule has 1 aromatic carbocycles. The van der Waals surface area contributed by atoms with E-state index in [1.165, 1.54) is 5.56 Å². The van der Waals surface area contributed by atoms with E-state index in [0.717, 1.165) is 49.9 Å². The lowest BCUT2D eigenvalue weighted by Gasteiger charge is -2.35. The number of ether oxygens (including phenoxy) is 3. The van der Waals surface area contributed by atoms with E-state index in [4.69, 9.17) is 14.2 Å². The van der Waals surface area contributed by atoms with Crippen LogP contribution >= 0.6 is 0 Å². The van der Waals surface area contributed by atoms with E-state index < -0.39 is 0 Å². The van der Waals surface area contributed by atoms with Gasteiger partial charge in [0.25, 0.3) is 0 Å². The molecule has 2 atom stereocenters. The Labute approximate surface area is 182 Å². The first-order chi connectivity index (χ1) is 14.5. The van der Waals surface area contributed by atoms with Gasteiger partial charge in [-0.1, -0.05) is 12.1 Å². The van der Waals surface area contributed by atoms with Crippen LogP contribution < -0.4 is 15.4 Å². The second kappa shape index (κ2) is 13.5. The molecular weight excluding hydrogens is 380 g/mol. The third-order valence-corrected chi connectivity index (χ3v) is 5.02. The summed E-state index contributed by atoms with van der Waals surface area (Å²) in [6, 6.07) is 6.28. The zero-order valence-corrected chi connectivity index (χ0v) is 19.4. The molecule has 0 spiro atoms. The molecule has 7 nitrogen and oxygen atoms in total. The molecule has 1 aliphatic rings. The fourth-order valence-electron chi connectivity index (χ4n) is 3.67. The predicted molar refractivity (Wildman–Crippen MR) is 122 cm³/mol. The molecule has 2 N–H and O–H groups in total. The van der Waals surface area contributed by atoms with Gasteiger partial charge >= 0.3 is 0 Å². The van der Waals surface area contributed by atoms with Crippen molar-refractivity contribution in [1.82, 2.24) is 15.5 Å². The maximum Gasteiger partial charge on any atom is 0.191 e. The van der Waals surface area contributed by atoms with Gasteiger partial charge in [-0.2, -0.15) is 0 Å². The first-order valence-corrected chi connectivity index (χ1v) is 11.1. The van der Waals surface area contributed by atoms with Crippen LogP contribution in [-0.4, -0.2) is 76.1 Å². The number of hydrogen-bond acceptors (Lipinski definition) is 5. The van der Waals surface area contributed by atoms with Crippen molar-refractivity contribution in [2.45, 2.75) is 52.9 Å². The molecule has 1 aliphatic heterocycles. The van der Waals surface area contributed by atoms with Gasteiger partial charge in [-0.3, -0.25) is 9.89 Å². The number of benzene rings is 1. The summed E-state index contributed by atoms with van der Waals surface area (Å²) in [5, 5.41) is 6.81. The summed E-state index contributed by atoms with van der Waals surface area (Å²) in [5.74, 6) is 1.70. The number of nitrogens with zero attached hydrogens (tertiary/aromatic N) is 2. The normalized spacial score (nSPS) is 20.2. The maximum atomic E-state index is 5.93. The van der Waals surface area contributed by atoms with E-state index in [2.05, 4.69) is 59.5 Å². The first kappa shape index (κ1) is 24.4. The lowest BCUT2D eigenvalue weighted by atomic mass is 10.1. The third-order valence-electron chi connectivity index (χ3n) is 5.02. The molecule has 0 saturated carbocycles. The summed E-state index contributed by atoms with van der Waals surface area (Å²) in [5.41, 5.74) is 2.29. The molecule has 0 bridgehead atoms. The third kappa shape index (κ3) is 8.90. The van der Waals surface area contributed by atoms with E-state index in [1.807, 2.05) is 6.92 Å². The zero-order chi connectivity index (χ0) is 21.8. The number of aliphatic imine (C=N–C) groups is 1. The quantitative estimate of drug-likeness (QED) is 0.326. The largest absolute Gasteiger partial charge is 0.491 e. The first-order valence-electron chi connectivity index (χ1n) is 11.1. The minimum absolute atomic E-state index is 0.315. The summed E-state index contributed by atoms with van der Waals surface area (Å²) < 4.78 is 17.1. The van der Waals surface area contributed by atoms with Crippen LogP contribution in [0, 0.1) is 6.92 Å². The zero-order valence-electron chi connectivity index (χ0n) is 19.4. The summed E-state index contributed by atoms with van der Waals surface area (Å²) in [4.78, 5) is 6.83. The van der Waals surface area contributed by atoms with Crippen molar-refractivity contribution < 1.29 is 14.2 Å². The number of guanidine groups is 1. The number of rotatable bonds is 11. The highest BCUT2D eigenvalue weighted by Gasteiger charge is 2.21. The Bertz CT molecular complexity index is 643. The van der Waals surface area contributed by atoms with Crippen LogP contribution in [0.4, 0.5) is 0 Å². The number of aryl methyl sites for hydroxylation is 1. The molecule has 170 valence electrons. The summed E-state index contributed by atoms with van der Waals surface area (Å²) in [6.07, 6.45) is 1.70. The van der Waals surface area contributed by atoms with Gasteiger partial charge in [0.2, 0.25) is 0 Å². The standard InChI is InChI=1S/C23H40N4O3/c1-6-28-12-13-29-22-14-18(2)8-9-21(22)15-26-23(24-5)25-10-7-11-27-16-19(3)30-20(4)17-27/h8-9,14,19-20H,6-7,10-13,15-17H2,1-5H3,(H2,24,25,26). The SMILES string of the molecule is CCOCCOc1cc(C)ccc1CNC(=NC)NCCCN1CC(C)OC(C)C1. The molecule has 0 aromatic heterocycles. The van der Waals surface area contributed by atoms with Gasteiger partial charge < -0.3 is 24.8 Å². The minimum Gasteiger partial charge on any atom is -0.491 e. The summed E-state index contributed by atoms with van der Waals surface area (Å²) in [6.45, 7) is 14.8. The van der Waals surface area contributed by atoms with Crippen molar-refractivity contribution in [2.24, 2.45) is 4.99 Å². The van der Waals surface area contributed by atoms with Gasteiger partial charge in [0.1, 0.15) is 12.4 Å². The van der Waals surface area contributed by atoms with Crippen LogP contribution in [0.2, 0.25) is 0 Å². The number of nitrogens with one attached hydrogen (secondary N) is 2. The van der Waals surface area contributed by atoms with E-state index in [1.54, 1.807) is 7.05 Å². The van der Waals surface area contributed by atoms with Crippen LogP contribution in [0.1, 0.15) is 38.3 Å². The number of morpholine rings is 1. The highest BCUT2D eigenvalue weighted by molar-refractivity contribution is 5.79. The van der Waals surface area contributed by atoms with Gasteiger partial charge in [-0.25, -0.2) is 0 Å². The van der Waals surface area contributed by atoms with Crippen LogP contribution in [0.3, 0.4) is 0 Å². The molecule has 1 fully saturated rings. The summed E-state index contributed by atoms with van der Waals surface area (Å²) in [7, 11) is 1.80. The van der Waals surface area contributed by atoms with Crippen molar-refractivity contribution in [2.75, 3.05) is 53.0 Å². The fraction of sp³-hybridized carbons (Fsp3) is 0.696. The van der Waals surface area contributed by atoms with Crippen LogP contribution in [0.25, 0.3) is 0 Å². The molecule has 1 saturated heterocycles. The van der Waals surface area contributed by atoms with Gasteiger partial charge in [-0.05, 0) is 45.7 Å². The van der Waals surface area contributed by atoms with Crippen molar-refractivity contribution in [3.05, 3.63) is 29.3 Å². The van der Waals surface area contributed by atoms with E-state index in [0.29, 0.717) is 38.6 Å². The van der Waals surface area contributed by atoms with Crippen molar-refractivity contribution in [3.63, 3.8) is 0 Å². The smallest absolute Gasteiger partial charge is 0.191 e. The predicted octanol–water partition coefficient (Wildman–Crippen LogP) is 2.57. The fourth-order valence-corrected chi connectivity index (χ4v) is 3.67. The lowest BCUT2D eigenvalue weighted by molar-refractivity contribution is -0.0679. The molecule has 1 heterocycles. The molecule has 2 rings (SSSR count). The average molecular weight is 421 g/mol. The van der Waals surface area contributed by atoms with Gasteiger partial charge in [0, 0.05) is 51.9 Å². The Kier molecular flexibility index (Phi) is 11.0. The lowest BCUT2D eigenvalue weighted by Crippen LogP contribution is -2.46. The Hall–Kier alpha value is -1.83. The van der Waals surface area contributed by atoms with Crippen molar-refractivity contribution >= 4 is 5.96 Å². The summed E-state index contributed by atoms with van der Waals surface area (Å²) >= 11 is 0. The maximum absolute atomic E-state index is 5.93. The second-order valence-corrected chi connectivity index (χ2v) is 7.88. The molecule has 30 heavy (non-hydrogen) atoms. The number of hydrogen-bond donors (Lipinski definition) is 2. The van der Waals surface area contributed by atoms with Crippen LogP contribution in [-0.2, 0) is 16.0 Å². The van der Waals surface area contributed by atoms with E-state index >= 15 is 0 Å². The monoisotopic (exact) mass is 420 g/mol. The Morgan fingerprint density at radius 2 is 1.97 bits per heavy atom. The Balaban J connectivity index is 1.74. The highest BCUT2D eigenvalue weighted by Crippen LogP contribution is 2.20. The topological polar surface area (TPSA) is 67.4 Å². The van der Waals surface area contributed by atoms with Crippen molar-refractivity contribution in [1.29, 1.82) is 0 Å². The second-order valence-electron chi connectivity index (χ2n) is 7.88.